The molecule has 0 heterocycles. The van der Waals surface area contributed by atoms with E-state index in [1.54, 1.807) is 6.08 Å². The standard InChI is InChI=1S/C17H23NO2/c1-2-20-17(18-15-11-7-4-8-12-15)13-16(19)14-9-5-3-6-10-14/h3,5-6,9-10,13,15,18H,2,4,7-8,11-12H2,1H3/b17-13+. The van der Waals surface area contributed by atoms with Gasteiger partial charge in [0.15, 0.2) is 11.7 Å². The van der Waals surface area contributed by atoms with Gasteiger partial charge in [0.25, 0.3) is 0 Å². The average molecular weight is 273 g/mol. The molecule has 108 valence electrons. The van der Waals surface area contributed by atoms with Crippen molar-refractivity contribution in [3.05, 3.63) is 47.9 Å². The van der Waals surface area contributed by atoms with Gasteiger partial charge in [-0.05, 0) is 19.8 Å². The van der Waals surface area contributed by atoms with Crippen LogP contribution in [0.2, 0.25) is 0 Å². The van der Waals surface area contributed by atoms with Crippen molar-refractivity contribution in [1.29, 1.82) is 0 Å². The van der Waals surface area contributed by atoms with Crippen LogP contribution in [0, 0.1) is 0 Å². The van der Waals surface area contributed by atoms with Crippen LogP contribution >= 0.6 is 0 Å². The van der Waals surface area contributed by atoms with Gasteiger partial charge in [-0.2, -0.15) is 0 Å². The lowest BCUT2D eigenvalue weighted by atomic mass is 9.95. The van der Waals surface area contributed by atoms with Crippen molar-refractivity contribution in [2.24, 2.45) is 0 Å². The topological polar surface area (TPSA) is 38.3 Å². The van der Waals surface area contributed by atoms with Crippen molar-refractivity contribution in [2.75, 3.05) is 6.61 Å². The molecule has 2 rings (SSSR count). The Morgan fingerprint density at radius 2 is 1.95 bits per heavy atom. The summed E-state index contributed by atoms with van der Waals surface area (Å²) in [6.07, 6.45) is 7.71. The van der Waals surface area contributed by atoms with Crippen LogP contribution < -0.4 is 5.32 Å². The zero-order chi connectivity index (χ0) is 14.2. The third-order valence-corrected chi connectivity index (χ3v) is 3.57. The molecule has 0 radical (unpaired) electrons. The summed E-state index contributed by atoms with van der Waals surface area (Å²) in [5.74, 6) is 0.589. The maximum atomic E-state index is 12.2. The predicted octanol–water partition coefficient (Wildman–Crippen LogP) is 3.67. The van der Waals surface area contributed by atoms with Crippen LogP contribution in [0.4, 0.5) is 0 Å². The number of nitrogens with one attached hydrogen (secondary N) is 1. The number of ether oxygens (including phenoxy) is 1. The summed E-state index contributed by atoms with van der Waals surface area (Å²) in [5.41, 5.74) is 0.690. The van der Waals surface area contributed by atoms with E-state index in [-0.39, 0.29) is 5.78 Å². The summed E-state index contributed by atoms with van der Waals surface area (Å²) in [5, 5.41) is 3.38. The van der Waals surface area contributed by atoms with Gasteiger partial charge >= 0.3 is 0 Å². The highest BCUT2D eigenvalue weighted by Crippen LogP contribution is 2.18. The van der Waals surface area contributed by atoms with Gasteiger partial charge < -0.3 is 10.1 Å². The Balaban J connectivity index is 2.02. The van der Waals surface area contributed by atoms with Crippen molar-refractivity contribution >= 4 is 5.78 Å². The number of benzene rings is 1. The predicted molar refractivity (Wildman–Crippen MR) is 80.5 cm³/mol. The molecule has 20 heavy (non-hydrogen) atoms. The van der Waals surface area contributed by atoms with Gasteiger partial charge in [-0.3, -0.25) is 4.79 Å². The van der Waals surface area contributed by atoms with E-state index in [4.69, 9.17) is 4.74 Å². The van der Waals surface area contributed by atoms with E-state index in [9.17, 15) is 4.79 Å². The van der Waals surface area contributed by atoms with Crippen LogP contribution in [0.3, 0.4) is 0 Å². The van der Waals surface area contributed by atoms with Gasteiger partial charge in [0.1, 0.15) is 0 Å². The minimum absolute atomic E-state index is 0.0163. The average Bonchev–Trinajstić information content (AvgIpc) is 2.49. The van der Waals surface area contributed by atoms with Crippen molar-refractivity contribution in [2.45, 2.75) is 45.1 Å². The molecular formula is C17H23NO2. The van der Waals surface area contributed by atoms with E-state index in [0.717, 1.165) is 12.8 Å². The summed E-state index contributed by atoms with van der Waals surface area (Å²) >= 11 is 0. The Morgan fingerprint density at radius 3 is 2.60 bits per heavy atom. The second kappa shape index (κ2) is 7.73. The van der Waals surface area contributed by atoms with Gasteiger partial charge in [-0.15, -0.1) is 0 Å². The molecule has 1 saturated carbocycles. The van der Waals surface area contributed by atoms with Crippen LogP contribution in [-0.4, -0.2) is 18.4 Å². The number of ketones is 1. The highest BCUT2D eigenvalue weighted by Gasteiger charge is 2.15. The summed E-state index contributed by atoms with van der Waals surface area (Å²) in [4.78, 5) is 12.2. The van der Waals surface area contributed by atoms with Crippen LogP contribution in [0.25, 0.3) is 0 Å². The fraction of sp³-hybridized carbons (Fsp3) is 0.471. The van der Waals surface area contributed by atoms with E-state index in [0.29, 0.717) is 24.1 Å². The van der Waals surface area contributed by atoms with Crippen molar-refractivity contribution < 1.29 is 9.53 Å². The first-order chi connectivity index (χ1) is 9.79. The second-order valence-corrected chi connectivity index (χ2v) is 5.15. The molecular weight excluding hydrogens is 250 g/mol. The smallest absolute Gasteiger partial charge is 0.191 e. The van der Waals surface area contributed by atoms with E-state index in [1.165, 1.54) is 19.3 Å². The SMILES string of the molecule is CCO/C(=C/C(=O)c1ccccc1)NC1CCCCC1. The minimum atomic E-state index is -0.0163. The Bertz CT molecular complexity index is 447. The molecule has 3 heteroatoms. The molecule has 0 unspecified atom stereocenters. The van der Waals surface area contributed by atoms with Crippen LogP contribution in [0.1, 0.15) is 49.4 Å². The zero-order valence-electron chi connectivity index (χ0n) is 12.1. The molecule has 0 aliphatic heterocycles. The Labute approximate surface area is 121 Å². The quantitative estimate of drug-likeness (QED) is 0.488. The number of carbonyl (C=O) groups excluding carboxylic acids is 1. The van der Waals surface area contributed by atoms with E-state index < -0.39 is 0 Å². The molecule has 1 aromatic carbocycles. The zero-order valence-corrected chi connectivity index (χ0v) is 12.1. The van der Waals surface area contributed by atoms with Crippen molar-refractivity contribution in [3.8, 4) is 0 Å². The van der Waals surface area contributed by atoms with E-state index >= 15 is 0 Å². The van der Waals surface area contributed by atoms with Gasteiger partial charge in [0.05, 0.1) is 6.61 Å². The van der Waals surface area contributed by atoms with Gasteiger partial charge in [0.2, 0.25) is 0 Å². The summed E-state index contributed by atoms with van der Waals surface area (Å²) in [6, 6.07) is 9.73. The molecule has 1 aliphatic carbocycles. The molecule has 0 spiro atoms. The Morgan fingerprint density at radius 1 is 1.25 bits per heavy atom. The molecule has 1 aliphatic rings. The number of carbonyl (C=O) groups is 1. The lowest BCUT2D eigenvalue weighted by Crippen LogP contribution is -2.31. The van der Waals surface area contributed by atoms with Gasteiger partial charge in [-0.1, -0.05) is 49.6 Å². The monoisotopic (exact) mass is 273 g/mol. The number of hydrogen-bond donors (Lipinski definition) is 1. The first-order valence-electron chi connectivity index (χ1n) is 7.50. The maximum Gasteiger partial charge on any atom is 0.191 e. The van der Waals surface area contributed by atoms with Crippen LogP contribution in [0.15, 0.2) is 42.3 Å². The van der Waals surface area contributed by atoms with Gasteiger partial charge in [0, 0.05) is 17.7 Å². The third kappa shape index (κ3) is 4.41. The highest BCUT2D eigenvalue weighted by molar-refractivity contribution is 6.04. The minimum Gasteiger partial charge on any atom is -0.479 e. The Kier molecular flexibility index (Phi) is 5.66. The molecule has 0 bridgehead atoms. The molecule has 1 N–H and O–H groups in total. The summed E-state index contributed by atoms with van der Waals surface area (Å²) in [7, 11) is 0. The van der Waals surface area contributed by atoms with Crippen molar-refractivity contribution in [1.82, 2.24) is 5.32 Å². The molecule has 3 nitrogen and oxygen atoms in total. The van der Waals surface area contributed by atoms with Gasteiger partial charge in [-0.25, -0.2) is 0 Å². The van der Waals surface area contributed by atoms with Crippen molar-refractivity contribution in [3.63, 3.8) is 0 Å². The lowest BCUT2D eigenvalue weighted by molar-refractivity contribution is 0.103. The largest absolute Gasteiger partial charge is 0.479 e. The summed E-state index contributed by atoms with van der Waals surface area (Å²) in [6.45, 7) is 2.50. The normalized spacial score (nSPS) is 16.8. The fourth-order valence-corrected chi connectivity index (χ4v) is 2.53. The molecule has 0 saturated heterocycles. The first-order valence-corrected chi connectivity index (χ1v) is 7.50. The molecule has 0 amide bonds. The molecule has 1 aromatic rings. The molecule has 1 fully saturated rings. The van der Waals surface area contributed by atoms with E-state index in [2.05, 4.69) is 5.32 Å². The third-order valence-electron chi connectivity index (χ3n) is 3.57. The second-order valence-electron chi connectivity index (χ2n) is 5.15. The number of allylic oxidation sites excluding steroid dienone is 1. The Hall–Kier alpha value is -1.77. The summed E-state index contributed by atoms with van der Waals surface area (Å²) < 4.78 is 5.57. The maximum absolute atomic E-state index is 12.2. The number of rotatable bonds is 6. The number of hydrogen-bond acceptors (Lipinski definition) is 3. The first kappa shape index (κ1) is 14.6. The highest BCUT2D eigenvalue weighted by atomic mass is 16.5. The van der Waals surface area contributed by atoms with Crippen LogP contribution in [0.5, 0.6) is 0 Å². The lowest BCUT2D eigenvalue weighted by Gasteiger charge is -2.24. The molecule has 0 atom stereocenters. The fourth-order valence-electron chi connectivity index (χ4n) is 2.53. The van der Waals surface area contributed by atoms with E-state index in [1.807, 2.05) is 37.3 Å². The van der Waals surface area contributed by atoms with Crippen LogP contribution in [-0.2, 0) is 4.74 Å². The molecule has 0 aromatic heterocycles.